The Hall–Kier alpha value is 0.150. The summed E-state index contributed by atoms with van der Waals surface area (Å²) in [6.07, 6.45) is 1.25. The molecule has 0 aromatic carbocycles. The smallest absolute Gasteiger partial charge is 0.123 e. The van der Waals surface area contributed by atoms with Gasteiger partial charge in [-0.2, -0.15) is 0 Å². The van der Waals surface area contributed by atoms with Crippen molar-refractivity contribution < 1.29 is 4.74 Å². The van der Waals surface area contributed by atoms with Crippen molar-refractivity contribution in [1.29, 1.82) is 0 Å². The lowest BCUT2D eigenvalue weighted by Crippen LogP contribution is -2.49. The fourth-order valence-corrected chi connectivity index (χ4v) is 2.28. The minimum absolute atomic E-state index is 0.0119. The molecular formula is C9H22N4OS. The number of nitrogens with one attached hydrogen (secondary N) is 2. The summed E-state index contributed by atoms with van der Waals surface area (Å²) in [7, 11) is 0. The lowest BCUT2D eigenvalue weighted by atomic mass is 10.4. The molecule has 0 aromatic heterocycles. The Morgan fingerprint density at radius 1 is 1.33 bits per heavy atom. The molecule has 5 nitrogen and oxygen atoms in total. The molecule has 6 heteroatoms. The molecule has 90 valence electrons. The number of hydrogen-bond donors (Lipinski definition) is 3. The number of morpholine rings is 1. The summed E-state index contributed by atoms with van der Waals surface area (Å²) in [5.74, 6) is 0. The van der Waals surface area contributed by atoms with Crippen LogP contribution in [0.15, 0.2) is 0 Å². The van der Waals surface area contributed by atoms with Crippen LogP contribution in [-0.4, -0.2) is 42.2 Å². The Labute approximate surface area is 96.1 Å². The van der Waals surface area contributed by atoms with Crippen LogP contribution in [0.25, 0.3) is 0 Å². The van der Waals surface area contributed by atoms with Crippen molar-refractivity contribution in [2.45, 2.75) is 31.3 Å². The van der Waals surface area contributed by atoms with E-state index < -0.39 is 0 Å². The monoisotopic (exact) mass is 234 g/mol. The van der Waals surface area contributed by atoms with Gasteiger partial charge in [-0.3, -0.25) is 4.90 Å². The largest absolute Gasteiger partial charge is 0.379 e. The molecule has 2 aliphatic heterocycles. The summed E-state index contributed by atoms with van der Waals surface area (Å²) >= 11 is 1.70. The van der Waals surface area contributed by atoms with Gasteiger partial charge in [0.2, 0.25) is 0 Å². The summed E-state index contributed by atoms with van der Waals surface area (Å²) in [5, 5.41) is 0. The number of thioether (sulfide) groups is 1. The predicted octanol–water partition coefficient (Wildman–Crippen LogP) is 0.102. The average Bonchev–Trinajstić information content (AvgIpc) is 2.67. The second kappa shape index (κ2) is 7.43. The van der Waals surface area contributed by atoms with Crippen molar-refractivity contribution in [3.63, 3.8) is 0 Å². The molecule has 0 aliphatic carbocycles. The maximum absolute atomic E-state index is 5.66. The zero-order valence-corrected chi connectivity index (χ0v) is 10.3. The van der Waals surface area contributed by atoms with Crippen LogP contribution in [0.5, 0.6) is 0 Å². The lowest BCUT2D eigenvalue weighted by molar-refractivity contribution is 0.0270. The Morgan fingerprint density at radius 2 is 1.93 bits per heavy atom. The van der Waals surface area contributed by atoms with Gasteiger partial charge >= 0.3 is 0 Å². The van der Waals surface area contributed by atoms with Crippen molar-refractivity contribution in [3.8, 4) is 0 Å². The fraction of sp³-hybridized carbons (Fsp3) is 1.00. The van der Waals surface area contributed by atoms with Crippen LogP contribution >= 0.6 is 11.8 Å². The van der Waals surface area contributed by atoms with Crippen LogP contribution in [0.2, 0.25) is 0 Å². The summed E-state index contributed by atoms with van der Waals surface area (Å²) in [4.78, 5) is 2.33. The van der Waals surface area contributed by atoms with E-state index >= 15 is 0 Å². The topological polar surface area (TPSA) is 62.5 Å². The van der Waals surface area contributed by atoms with Crippen LogP contribution in [0.3, 0.4) is 0 Å². The highest BCUT2D eigenvalue weighted by atomic mass is 32.2. The molecule has 2 heterocycles. The first-order chi connectivity index (χ1) is 7.27. The molecule has 0 aromatic rings. The van der Waals surface area contributed by atoms with E-state index in [0.29, 0.717) is 5.50 Å². The highest BCUT2D eigenvalue weighted by Gasteiger charge is 2.27. The predicted molar refractivity (Wildman–Crippen MR) is 64.0 cm³/mol. The Balaban J connectivity index is 0.000000337. The van der Waals surface area contributed by atoms with Crippen LogP contribution in [0, 0.1) is 0 Å². The molecule has 4 N–H and O–H groups in total. The van der Waals surface area contributed by atoms with Crippen molar-refractivity contribution in [3.05, 3.63) is 0 Å². The van der Waals surface area contributed by atoms with Gasteiger partial charge < -0.3 is 10.5 Å². The molecule has 2 unspecified atom stereocenters. The third-order valence-electron chi connectivity index (χ3n) is 2.00. The number of nitrogens with zero attached hydrogens (tertiary/aromatic N) is 1. The van der Waals surface area contributed by atoms with Crippen molar-refractivity contribution >= 4 is 11.8 Å². The molecule has 2 saturated heterocycles. The maximum Gasteiger partial charge on any atom is 0.123 e. The maximum atomic E-state index is 5.66. The van der Waals surface area contributed by atoms with Crippen LogP contribution in [-0.2, 0) is 4.74 Å². The van der Waals surface area contributed by atoms with Gasteiger partial charge in [0, 0.05) is 13.1 Å². The quantitative estimate of drug-likeness (QED) is 0.598. The normalized spacial score (nSPS) is 32.2. The van der Waals surface area contributed by atoms with Gasteiger partial charge in [-0.05, 0) is 0 Å². The highest BCUT2D eigenvalue weighted by molar-refractivity contribution is 8.00. The van der Waals surface area contributed by atoms with Gasteiger partial charge in [-0.1, -0.05) is 32.0 Å². The number of nitrogens with two attached hydrogens (primary N) is 1. The zero-order chi connectivity index (χ0) is 11.1. The first kappa shape index (κ1) is 13.2. The van der Waals surface area contributed by atoms with E-state index in [-0.39, 0.29) is 5.50 Å². The molecule has 0 radical (unpaired) electrons. The van der Waals surface area contributed by atoms with E-state index in [2.05, 4.69) is 29.6 Å². The van der Waals surface area contributed by atoms with Crippen LogP contribution in [0.4, 0.5) is 0 Å². The second-order valence-electron chi connectivity index (χ2n) is 3.55. The molecule has 2 rings (SSSR count). The zero-order valence-electron chi connectivity index (χ0n) is 9.53. The third-order valence-corrected chi connectivity index (χ3v) is 3.09. The van der Waals surface area contributed by atoms with Crippen LogP contribution in [0.1, 0.15) is 20.3 Å². The summed E-state index contributed by atoms with van der Waals surface area (Å²) < 4.78 is 5.26. The Kier molecular flexibility index (Phi) is 6.54. The van der Waals surface area contributed by atoms with Gasteiger partial charge in [0.25, 0.3) is 0 Å². The summed E-state index contributed by atoms with van der Waals surface area (Å²) in [6, 6.07) is 0. The number of hydrogen-bond acceptors (Lipinski definition) is 6. The van der Waals surface area contributed by atoms with E-state index in [1.54, 1.807) is 11.8 Å². The van der Waals surface area contributed by atoms with Crippen molar-refractivity contribution in [2.24, 2.45) is 5.73 Å². The Bertz CT molecular complexity index is 163. The van der Waals surface area contributed by atoms with Crippen molar-refractivity contribution in [1.82, 2.24) is 15.8 Å². The number of rotatable bonds is 1. The minimum Gasteiger partial charge on any atom is -0.379 e. The molecule has 2 aliphatic rings. The molecule has 15 heavy (non-hydrogen) atoms. The van der Waals surface area contributed by atoms with Crippen LogP contribution < -0.4 is 16.6 Å². The standard InChI is InChI=1S/C6H14N4OS.C3H8/c7-5-8-9-6(12-5)10-1-3-11-4-2-10;1-3-2/h5-6,8-9H,1-4,7H2;3H2,1-2H3. The number of ether oxygens (including phenoxy) is 1. The average molecular weight is 234 g/mol. The number of hydrazine groups is 1. The van der Waals surface area contributed by atoms with E-state index in [1.165, 1.54) is 6.42 Å². The van der Waals surface area contributed by atoms with Gasteiger partial charge in [0.15, 0.2) is 0 Å². The van der Waals surface area contributed by atoms with Gasteiger partial charge in [-0.15, -0.1) is 0 Å². The fourth-order valence-electron chi connectivity index (χ4n) is 1.35. The highest BCUT2D eigenvalue weighted by Crippen LogP contribution is 2.19. The SMILES string of the molecule is CCC.NC1NNC(N2CCOCC2)S1. The Morgan fingerprint density at radius 3 is 2.40 bits per heavy atom. The summed E-state index contributed by atoms with van der Waals surface area (Å²) in [5.41, 5.74) is 12.1. The molecule has 2 fully saturated rings. The minimum atomic E-state index is 0.0119. The lowest BCUT2D eigenvalue weighted by Gasteiger charge is -2.30. The first-order valence-electron chi connectivity index (χ1n) is 5.51. The van der Waals surface area contributed by atoms with Gasteiger partial charge in [-0.25, -0.2) is 10.9 Å². The van der Waals surface area contributed by atoms with E-state index in [0.717, 1.165) is 26.3 Å². The molecule has 0 amide bonds. The second-order valence-corrected chi connectivity index (χ2v) is 4.78. The van der Waals surface area contributed by atoms with E-state index in [1.807, 2.05) is 0 Å². The molecule has 0 bridgehead atoms. The summed E-state index contributed by atoms with van der Waals surface area (Å²) in [6.45, 7) is 7.88. The molecule has 2 atom stereocenters. The molecule has 0 spiro atoms. The van der Waals surface area contributed by atoms with Crippen molar-refractivity contribution in [2.75, 3.05) is 26.3 Å². The molecular weight excluding hydrogens is 212 g/mol. The molecule has 0 saturated carbocycles. The first-order valence-corrected chi connectivity index (χ1v) is 6.46. The van der Waals surface area contributed by atoms with E-state index in [9.17, 15) is 0 Å². The van der Waals surface area contributed by atoms with Gasteiger partial charge in [0.1, 0.15) is 11.0 Å². The van der Waals surface area contributed by atoms with E-state index in [4.69, 9.17) is 10.5 Å². The van der Waals surface area contributed by atoms with Gasteiger partial charge in [0.05, 0.1) is 13.2 Å². The third kappa shape index (κ3) is 4.67.